The lowest BCUT2D eigenvalue weighted by Crippen LogP contribution is -2.66. The van der Waals surface area contributed by atoms with E-state index in [0.29, 0.717) is 0 Å². The molecule has 11 nitrogen and oxygen atoms in total. The fraction of sp³-hybridized carbons (Fsp3) is 0.929. The second-order valence-electron chi connectivity index (χ2n) is 6.25. The molecule has 2 fully saturated rings. The Balaban J connectivity index is 2.15. The topological polar surface area (TPSA) is 178 Å². The summed E-state index contributed by atoms with van der Waals surface area (Å²) in [5, 5.41) is 61.5. The second-order valence-corrected chi connectivity index (χ2v) is 6.25. The number of amides is 1. The van der Waals surface area contributed by atoms with Crippen LogP contribution in [0.1, 0.15) is 13.8 Å². The minimum Gasteiger partial charge on any atom is -0.394 e. The van der Waals surface area contributed by atoms with Crippen LogP contribution in [0.25, 0.3) is 0 Å². The Kier molecular flexibility index (Phi) is 6.70. The maximum Gasteiger partial charge on any atom is 0.217 e. The van der Waals surface area contributed by atoms with Gasteiger partial charge in [0.2, 0.25) is 5.91 Å². The van der Waals surface area contributed by atoms with Crippen LogP contribution in [0.4, 0.5) is 0 Å². The van der Waals surface area contributed by atoms with Gasteiger partial charge in [-0.15, -0.1) is 0 Å². The fourth-order valence-corrected chi connectivity index (χ4v) is 2.92. The van der Waals surface area contributed by atoms with Gasteiger partial charge in [-0.3, -0.25) is 4.79 Å². The van der Waals surface area contributed by atoms with Crippen LogP contribution in [0.5, 0.6) is 0 Å². The lowest BCUT2D eigenvalue weighted by molar-refractivity contribution is -0.341. The number of rotatable bonds is 4. The Labute approximate surface area is 143 Å². The first-order valence-electron chi connectivity index (χ1n) is 7.92. The lowest BCUT2D eigenvalue weighted by atomic mass is 9.95. The summed E-state index contributed by atoms with van der Waals surface area (Å²) in [6.07, 6.45) is -12.3. The van der Waals surface area contributed by atoms with E-state index < -0.39 is 73.9 Å². The molecule has 2 aliphatic rings. The van der Waals surface area contributed by atoms with Crippen molar-refractivity contribution < 1.29 is 49.6 Å². The number of aliphatic hydroxyl groups is 6. The van der Waals surface area contributed by atoms with Gasteiger partial charge >= 0.3 is 0 Å². The van der Waals surface area contributed by atoms with Gasteiger partial charge in [-0.2, -0.15) is 0 Å². The molecule has 1 amide bonds. The van der Waals surface area contributed by atoms with Gasteiger partial charge in [-0.1, -0.05) is 0 Å². The first-order valence-corrected chi connectivity index (χ1v) is 7.92. The van der Waals surface area contributed by atoms with Crippen molar-refractivity contribution in [3.05, 3.63) is 0 Å². The van der Waals surface area contributed by atoms with E-state index in [1.54, 1.807) is 0 Å². The lowest BCUT2D eigenvalue weighted by Gasteiger charge is -2.46. The van der Waals surface area contributed by atoms with Crippen LogP contribution in [0.3, 0.4) is 0 Å². The summed E-state index contributed by atoms with van der Waals surface area (Å²) in [6, 6.07) is -1.24. The van der Waals surface area contributed by atoms with Crippen molar-refractivity contribution >= 4 is 5.91 Å². The maximum atomic E-state index is 11.2. The van der Waals surface area contributed by atoms with Gasteiger partial charge in [0.1, 0.15) is 42.7 Å². The molecule has 0 aromatic carbocycles. The Bertz CT molecular complexity index is 465. The zero-order valence-corrected chi connectivity index (χ0v) is 13.8. The summed E-state index contributed by atoms with van der Waals surface area (Å²) in [4.78, 5) is 11.2. The molecular weight excluding hydrogens is 342 g/mol. The molecule has 2 saturated heterocycles. The Hall–Kier alpha value is -0.890. The number of ether oxygens (including phenoxy) is 3. The van der Waals surface area contributed by atoms with Gasteiger partial charge in [0.25, 0.3) is 0 Å². The van der Waals surface area contributed by atoms with E-state index in [0.717, 1.165) is 0 Å². The number of aliphatic hydroxyl groups excluding tert-OH is 6. The van der Waals surface area contributed by atoms with Crippen molar-refractivity contribution in [1.29, 1.82) is 0 Å². The largest absolute Gasteiger partial charge is 0.394 e. The van der Waals surface area contributed by atoms with E-state index in [1.807, 2.05) is 0 Å². The quantitative estimate of drug-likeness (QED) is 0.257. The van der Waals surface area contributed by atoms with E-state index >= 15 is 0 Å². The van der Waals surface area contributed by atoms with E-state index in [-0.39, 0.29) is 0 Å². The smallest absolute Gasteiger partial charge is 0.217 e. The third kappa shape index (κ3) is 4.27. The van der Waals surface area contributed by atoms with Crippen LogP contribution in [0, 0.1) is 0 Å². The SMILES string of the molecule is CC(=O)N[C@H]1[C@H](O)[C@H](O[C@@H]2O[C@@H](C)[C@H](O)[C@H](O)[C@@H]2O)[C@H](CO)O[C@H]1O. The highest BCUT2D eigenvalue weighted by atomic mass is 16.7. The standard InChI is InChI=1S/C14H25NO10/c1-4-8(18)10(20)11(21)14(23-4)25-12-6(3-16)24-13(22)7(9(12)19)15-5(2)17/h4,6-14,16,18-22H,3H2,1-2H3,(H,15,17)/t4-,6-,7-,8-,9-,10-,11-,12+,13+,14-/m0/s1. The van der Waals surface area contributed by atoms with Gasteiger partial charge in [-0.05, 0) is 6.92 Å². The first-order chi connectivity index (χ1) is 11.7. The monoisotopic (exact) mass is 367 g/mol. The van der Waals surface area contributed by atoms with Gasteiger partial charge in [0.05, 0.1) is 12.7 Å². The van der Waals surface area contributed by atoms with Crippen molar-refractivity contribution in [2.24, 2.45) is 0 Å². The van der Waals surface area contributed by atoms with Crippen molar-refractivity contribution in [2.45, 2.75) is 75.2 Å². The summed E-state index contributed by atoms with van der Waals surface area (Å²) in [5.74, 6) is -0.533. The Morgan fingerprint density at radius 2 is 1.68 bits per heavy atom. The van der Waals surface area contributed by atoms with Crippen LogP contribution >= 0.6 is 0 Å². The van der Waals surface area contributed by atoms with Crippen molar-refractivity contribution in [3.8, 4) is 0 Å². The van der Waals surface area contributed by atoms with Crippen molar-refractivity contribution in [3.63, 3.8) is 0 Å². The third-order valence-corrected chi connectivity index (χ3v) is 4.34. The molecule has 0 unspecified atom stereocenters. The molecule has 0 bridgehead atoms. The molecule has 0 spiro atoms. The summed E-state index contributed by atoms with van der Waals surface area (Å²) in [7, 11) is 0. The average Bonchev–Trinajstić information content (AvgIpc) is 2.56. The summed E-state index contributed by atoms with van der Waals surface area (Å²) < 4.78 is 15.9. The summed E-state index contributed by atoms with van der Waals surface area (Å²) >= 11 is 0. The minimum atomic E-state index is -1.62. The van der Waals surface area contributed by atoms with Crippen LogP contribution < -0.4 is 5.32 Å². The summed E-state index contributed by atoms with van der Waals surface area (Å²) in [6.45, 7) is 2.01. The van der Waals surface area contributed by atoms with Crippen LogP contribution in [-0.2, 0) is 19.0 Å². The van der Waals surface area contributed by atoms with Gasteiger partial charge in [0.15, 0.2) is 12.6 Å². The van der Waals surface area contributed by atoms with Crippen molar-refractivity contribution in [1.82, 2.24) is 5.32 Å². The highest BCUT2D eigenvalue weighted by Crippen LogP contribution is 2.28. The molecule has 0 aromatic heterocycles. The van der Waals surface area contributed by atoms with Crippen LogP contribution in [0.2, 0.25) is 0 Å². The second kappa shape index (κ2) is 8.20. The molecule has 10 atom stereocenters. The van der Waals surface area contributed by atoms with Gasteiger partial charge < -0.3 is 50.2 Å². The highest BCUT2D eigenvalue weighted by Gasteiger charge is 2.50. The molecule has 11 heteroatoms. The van der Waals surface area contributed by atoms with Crippen molar-refractivity contribution in [2.75, 3.05) is 6.61 Å². The molecule has 2 heterocycles. The minimum absolute atomic E-state index is 0.533. The third-order valence-electron chi connectivity index (χ3n) is 4.34. The number of hydrogen-bond donors (Lipinski definition) is 7. The first kappa shape index (κ1) is 20.4. The molecule has 146 valence electrons. The van der Waals surface area contributed by atoms with E-state index in [2.05, 4.69) is 5.32 Å². The van der Waals surface area contributed by atoms with Crippen LogP contribution in [-0.4, -0.2) is 105 Å². The molecule has 0 saturated carbocycles. The number of carbonyl (C=O) groups excluding carboxylic acids is 1. The van der Waals surface area contributed by atoms with E-state index in [1.165, 1.54) is 13.8 Å². The number of carbonyl (C=O) groups is 1. The molecule has 7 N–H and O–H groups in total. The molecule has 2 aliphatic heterocycles. The molecule has 2 rings (SSSR count). The molecular formula is C14H25NO10. The zero-order chi connectivity index (χ0) is 18.9. The molecule has 0 radical (unpaired) electrons. The predicted octanol–water partition coefficient (Wildman–Crippen LogP) is -4.23. The molecule has 0 aromatic rings. The predicted molar refractivity (Wildman–Crippen MR) is 78.8 cm³/mol. The average molecular weight is 367 g/mol. The fourth-order valence-electron chi connectivity index (χ4n) is 2.92. The van der Waals surface area contributed by atoms with Gasteiger partial charge in [-0.25, -0.2) is 0 Å². The Morgan fingerprint density at radius 1 is 1.04 bits per heavy atom. The summed E-state index contributed by atoms with van der Waals surface area (Å²) in [5.41, 5.74) is 0. The normalized spacial score (nSPS) is 48.2. The molecule has 25 heavy (non-hydrogen) atoms. The Morgan fingerprint density at radius 3 is 2.24 bits per heavy atom. The van der Waals surface area contributed by atoms with Crippen LogP contribution in [0.15, 0.2) is 0 Å². The van der Waals surface area contributed by atoms with E-state index in [4.69, 9.17) is 14.2 Å². The molecule has 0 aliphatic carbocycles. The van der Waals surface area contributed by atoms with Gasteiger partial charge in [0, 0.05) is 6.92 Å². The zero-order valence-electron chi connectivity index (χ0n) is 13.8. The number of hydrogen-bond acceptors (Lipinski definition) is 10. The number of nitrogens with one attached hydrogen (secondary N) is 1. The highest BCUT2D eigenvalue weighted by molar-refractivity contribution is 5.73. The maximum absolute atomic E-state index is 11.2. The van der Waals surface area contributed by atoms with E-state index in [9.17, 15) is 35.4 Å².